The normalized spacial score (nSPS) is 10.2. The van der Waals surface area contributed by atoms with Crippen molar-refractivity contribution in [3.8, 4) is 0 Å². The molecule has 0 atom stereocenters. The van der Waals surface area contributed by atoms with Gasteiger partial charge in [-0.15, -0.1) is 0 Å². The van der Waals surface area contributed by atoms with Gasteiger partial charge < -0.3 is 5.32 Å². The number of halogens is 1. The second-order valence-corrected chi connectivity index (χ2v) is 4.49. The van der Waals surface area contributed by atoms with Crippen molar-refractivity contribution in [2.75, 3.05) is 5.32 Å². The third-order valence-corrected chi connectivity index (χ3v) is 2.92. The van der Waals surface area contributed by atoms with Crippen LogP contribution in [0.4, 0.5) is 5.69 Å². The van der Waals surface area contributed by atoms with E-state index in [1.165, 1.54) is 5.56 Å². The van der Waals surface area contributed by atoms with Crippen LogP contribution in [-0.2, 0) is 0 Å². The lowest BCUT2D eigenvalue weighted by molar-refractivity contribution is 0.102. The van der Waals surface area contributed by atoms with E-state index in [1.807, 2.05) is 32.0 Å². The molecule has 0 bridgehead atoms. The van der Waals surface area contributed by atoms with Gasteiger partial charge in [-0.3, -0.25) is 4.79 Å². The number of benzene rings is 1. The minimum absolute atomic E-state index is 0.263. The zero-order valence-electron chi connectivity index (χ0n) is 10.2. The molecule has 0 saturated heterocycles. The molecule has 4 heteroatoms. The summed E-state index contributed by atoms with van der Waals surface area (Å²) >= 11 is 5.75. The first kappa shape index (κ1) is 12.6. The topological polar surface area (TPSA) is 42.0 Å². The fourth-order valence-corrected chi connectivity index (χ4v) is 1.71. The van der Waals surface area contributed by atoms with Crippen LogP contribution in [0.3, 0.4) is 0 Å². The molecular weight excluding hydrogens is 248 g/mol. The summed E-state index contributed by atoms with van der Waals surface area (Å²) in [6, 6.07) is 10.7. The van der Waals surface area contributed by atoms with E-state index in [4.69, 9.17) is 11.6 Å². The lowest BCUT2D eigenvalue weighted by atomic mass is 10.1. The third kappa shape index (κ3) is 2.87. The Kier molecular flexibility index (Phi) is 3.63. The van der Waals surface area contributed by atoms with Crippen LogP contribution in [0.25, 0.3) is 0 Å². The average molecular weight is 261 g/mol. The summed E-state index contributed by atoms with van der Waals surface area (Å²) in [4.78, 5) is 15.9. The molecule has 0 aliphatic rings. The van der Waals surface area contributed by atoms with Gasteiger partial charge in [0.2, 0.25) is 0 Å². The Hall–Kier alpha value is -1.87. The number of aromatic nitrogens is 1. The molecule has 2 rings (SSSR count). The van der Waals surface area contributed by atoms with Crippen LogP contribution in [0, 0.1) is 13.8 Å². The zero-order chi connectivity index (χ0) is 13.1. The van der Waals surface area contributed by atoms with Crippen molar-refractivity contribution >= 4 is 23.2 Å². The molecule has 3 nitrogen and oxygen atoms in total. The largest absolute Gasteiger partial charge is 0.321 e. The Bertz CT molecular complexity index is 596. The summed E-state index contributed by atoms with van der Waals surface area (Å²) in [5, 5.41) is 3.10. The smallest absolute Gasteiger partial charge is 0.274 e. The molecule has 1 heterocycles. The van der Waals surface area contributed by atoms with Gasteiger partial charge in [0.1, 0.15) is 10.8 Å². The highest BCUT2D eigenvalue weighted by Gasteiger charge is 2.08. The van der Waals surface area contributed by atoms with Crippen molar-refractivity contribution < 1.29 is 4.79 Å². The minimum atomic E-state index is -0.263. The van der Waals surface area contributed by atoms with Gasteiger partial charge in [-0.25, -0.2) is 4.98 Å². The zero-order valence-corrected chi connectivity index (χ0v) is 11.0. The summed E-state index contributed by atoms with van der Waals surface area (Å²) in [6.07, 6.45) is 0. The monoisotopic (exact) mass is 260 g/mol. The lowest BCUT2D eigenvalue weighted by Gasteiger charge is -2.07. The lowest BCUT2D eigenvalue weighted by Crippen LogP contribution is -2.13. The summed E-state index contributed by atoms with van der Waals surface area (Å²) in [6.45, 7) is 4.03. The van der Waals surface area contributed by atoms with Gasteiger partial charge >= 0.3 is 0 Å². The summed E-state index contributed by atoms with van der Waals surface area (Å²) in [7, 11) is 0. The van der Waals surface area contributed by atoms with Crippen molar-refractivity contribution in [3.05, 3.63) is 58.4 Å². The number of rotatable bonds is 2. The molecule has 0 fully saturated rings. The van der Waals surface area contributed by atoms with E-state index < -0.39 is 0 Å². The van der Waals surface area contributed by atoms with Gasteiger partial charge in [0, 0.05) is 5.69 Å². The number of anilines is 1. The van der Waals surface area contributed by atoms with E-state index in [-0.39, 0.29) is 5.91 Å². The maximum atomic E-state index is 11.9. The Balaban J connectivity index is 2.18. The van der Waals surface area contributed by atoms with Crippen LogP contribution in [-0.4, -0.2) is 10.9 Å². The molecule has 0 aliphatic heterocycles. The molecule has 0 radical (unpaired) electrons. The van der Waals surface area contributed by atoms with E-state index in [1.54, 1.807) is 18.2 Å². The van der Waals surface area contributed by atoms with Crippen molar-refractivity contribution in [1.82, 2.24) is 4.98 Å². The fraction of sp³-hybridized carbons (Fsp3) is 0.143. The predicted molar refractivity (Wildman–Crippen MR) is 73.1 cm³/mol. The van der Waals surface area contributed by atoms with Crippen LogP contribution in [0.15, 0.2) is 36.4 Å². The third-order valence-electron chi connectivity index (χ3n) is 2.71. The molecule has 1 aromatic carbocycles. The van der Waals surface area contributed by atoms with E-state index in [0.717, 1.165) is 11.3 Å². The average Bonchev–Trinajstić information content (AvgIpc) is 2.34. The number of hydrogen-bond acceptors (Lipinski definition) is 2. The molecular formula is C14H13ClN2O. The maximum Gasteiger partial charge on any atom is 0.274 e. The standard InChI is InChI=1S/C14H13ClN2O/c1-9-6-7-11(8-10(9)2)16-14(18)12-4-3-5-13(15)17-12/h3-8H,1-2H3,(H,16,18). The quantitative estimate of drug-likeness (QED) is 0.839. The number of pyridine rings is 1. The van der Waals surface area contributed by atoms with E-state index in [0.29, 0.717) is 10.8 Å². The van der Waals surface area contributed by atoms with Crippen LogP contribution in [0.5, 0.6) is 0 Å². The molecule has 1 aromatic heterocycles. The van der Waals surface area contributed by atoms with Crippen molar-refractivity contribution in [2.24, 2.45) is 0 Å². The predicted octanol–water partition coefficient (Wildman–Crippen LogP) is 3.60. The highest BCUT2D eigenvalue weighted by atomic mass is 35.5. The summed E-state index contributed by atoms with van der Waals surface area (Å²) in [5.74, 6) is -0.263. The highest BCUT2D eigenvalue weighted by molar-refractivity contribution is 6.29. The van der Waals surface area contributed by atoms with Crippen LogP contribution in [0.1, 0.15) is 21.6 Å². The molecule has 0 saturated carbocycles. The molecule has 18 heavy (non-hydrogen) atoms. The summed E-state index contributed by atoms with van der Waals surface area (Å²) in [5.41, 5.74) is 3.38. The van der Waals surface area contributed by atoms with Crippen molar-refractivity contribution in [2.45, 2.75) is 13.8 Å². The first-order valence-electron chi connectivity index (χ1n) is 5.57. The first-order chi connectivity index (χ1) is 8.56. The molecule has 0 unspecified atom stereocenters. The number of nitrogens with zero attached hydrogens (tertiary/aromatic N) is 1. The minimum Gasteiger partial charge on any atom is -0.321 e. The van der Waals surface area contributed by atoms with Gasteiger partial charge in [0.15, 0.2) is 0 Å². The SMILES string of the molecule is Cc1ccc(NC(=O)c2cccc(Cl)n2)cc1C. The molecule has 1 amide bonds. The molecule has 92 valence electrons. The van der Waals surface area contributed by atoms with E-state index in [9.17, 15) is 4.79 Å². The van der Waals surface area contributed by atoms with Gasteiger partial charge in [0.05, 0.1) is 0 Å². The maximum absolute atomic E-state index is 11.9. The van der Waals surface area contributed by atoms with Crippen LogP contribution in [0.2, 0.25) is 5.15 Å². The van der Waals surface area contributed by atoms with Gasteiger partial charge in [-0.1, -0.05) is 23.7 Å². The second-order valence-electron chi connectivity index (χ2n) is 4.10. The summed E-state index contributed by atoms with van der Waals surface area (Å²) < 4.78 is 0. The van der Waals surface area contributed by atoms with E-state index >= 15 is 0 Å². The highest BCUT2D eigenvalue weighted by Crippen LogP contribution is 2.15. The van der Waals surface area contributed by atoms with Gasteiger partial charge in [-0.2, -0.15) is 0 Å². The molecule has 0 aliphatic carbocycles. The van der Waals surface area contributed by atoms with Crippen LogP contribution < -0.4 is 5.32 Å². The van der Waals surface area contributed by atoms with Gasteiger partial charge in [-0.05, 0) is 49.2 Å². The van der Waals surface area contributed by atoms with Crippen molar-refractivity contribution in [1.29, 1.82) is 0 Å². The number of amides is 1. The molecule has 2 aromatic rings. The molecule has 0 spiro atoms. The Morgan fingerprint density at radius 3 is 2.61 bits per heavy atom. The number of carbonyl (C=O) groups is 1. The number of hydrogen-bond donors (Lipinski definition) is 1. The van der Waals surface area contributed by atoms with Crippen LogP contribution >= 0.6 is 11.6 Å². The van der Waals surface area contributed by atoms with E-state index in [2.05, 4.69) is 10.3 Å². The Morgan fingerprint density at radius 1 is 1.17 bits per heavy atom. The fourth-order valence-electron chi connectivity index (χ4n) is 1.55. The number of nitrogens with one attached hydrogen (secondary N) is 1. The Labute approximate surface area is 111 Å². The number of carbonyl (C=O) groups excluding carboxylic acids is 1. The first-order valence-corrected chi connectivity index (χ1v) is 5.95. The Morgan fingerprint density at radius 2 is 1.94 bits per heavy atom. The van der Waals surface area contributed by atoms with Gasteiger partial charge in [0.25, 0.3) is 5.91 Å². The number of aryl methyl sites for hydroxylation is 2. The second kappa shape index (κ2) is 5.19. The molecule has 1 N–H and O–H groups in total. The van der Waals surface area contributed by atoms with Crippen molar-refractivity contribution in [3.63, 3.8) is 0 Å².